The summed E-state index contributed by atoms with van der Waals surface area (Å²) < 4.78 is 31.5. The maximum Gasteiger partial charge on any atom is 0.194 e. The van der Waals surface area contributed by atoms with Crippen molar-refractivity contribution in [2.45, 2.75) is 165 Å². The van der Waals surface area contributed by atoms with Gasteiger partial charge in [0, 0.05) is 23.1 Å². The smallest absolute Gasteiger partial charge is 0.194 e. The van der Waals surface area contributed by atoms with Crippen molar-refractivity contribution in [2.75, 3.05) is 79.3 Å². The molecule has 470 valence electrons. The van der Waals surface area contributed by atoms with Gasteiger partial charge >= 0.3 is 0 Å². The summed E-state index contributed by atoms with van der Waals surface area (Å²) in [4.78, 5) is 47.8. The number of Topliss-reactive ketones (excluding diaryl/α,β-unsaturated/α-hetero) is 4. The number of ether oxygens (including phenoxy) is 6. The third kappa shape index (κ3) is 36.8. The molecule has 0 radical (unpaired) electrons. The van der Waals surface area contributed by atoms with Gasteiger partial charge in [0.1, 0.15) is 66.1 Å². The van der Waals surface area contributed by atoms with E-state index in [9.17, 15) is 29.4 Å². The molecule has 3 aromatic rings. The lowest BCUT2D eigenvalue weighted by Crippen LogP contribution is -2.36. The highest BCUT2D eigenvalue weighted by Crippen LogP contribution is 2.25. The quantitative estimate of drug-likeness (QED) is 0.0347. The fourth-order valence-electron chi connectivity index (χ4n) is 5.88. The van der Waals surface area contributed by atoms with E-state index in [4.69, 9.17) is 59.1 Å². The first-order chi connectivity index (χ1) is 32.9. The molecule has 0 aliphatic heterocycles. The number of hydrogen-bond donors (Lipinski definition) is 8. The summed E-state index contributed by atoms with van der Waals surface area (Å²) >= 11 is 0. The standard InChI is InChI=1S/2C14H20O5.C12H18O4.C12H16O4.10CH4/c2*1-14(2,19-10-8-16)13(17)11-3-5-12(6-4-11)18-9-7-15;2*1-12(2,15)11(14)9-3-5-10(6-4-9)16-8-7-13;;;;;;;;;;/h2*3-6,15-16H,7-10H2,1-2H3;3,5,13,15H,4,6-8H2,1-2H3;3-6,13,15H,7-8H2,1-2H3;10*1H4. The van der Waals surface area contributed by atoms with E-state index in [1.54, 1.807) is 113 Å². The highest BCUT2D eigenvalue weighted by molar-refractivity contribution is 6.03. The van der Waals surface area contributed by atoms with Gasteiger partial charge in [-0.3, -0.25) is 19.2 Å². The number of rotatable bonds is 26. The van der Waals surface area contributed by atoms with Gasteiger partial charge in [0.25, 0.3) is 0 Å². The Morgan fingerprint density at radius 1 is 0.362 bits per heavy atom. The van der Waals surface area contributed by atoms with Gasteiger partial charge in [0.15, 0.2) is 23.1 Å². The number of aliphatic hydroxyl groups excluding tert-OH is 6. The van der Waals surface area contributed by atoms with Crippen molar-refractivity contribution in [2.24, 2.45) is 0 Å². The maximum absolute atomic E-state index is 12.2. The van der Waals surface area contributed by atoms with Crippen LogP contribution in [0.25, 0.3) is 0 Å². The van der Waals surface area contributed by atoms with Crippen molar-refractivity contribution in [3.8, 4) is 17.2 Å². The monoisotopic (exact) mass is 1150 g/mol. The van der Waals surface area contributed by atoms with Crippen molar-refractivity contribution in [3.63, 3.8) is 0 Å². The zero-order valence-corrected chi connectivity index (χ0v) is 41.6. The second-order valence-corrected chi connectivity index (χ2v) is 17.3. The third-order valence-corrected chi connectivity index (χ3v) is 9.52. The minimum absolute atomic E-state index is 0. The highest BCUT2D eigenvalue weighted by Gasteiger charge is 2.31. The highest BCUT2D eigenvalue weighted by atomic mass is 16.5. The summed E-state index contributed by atoms with van der Waals surface area (Å²) in [5, 5.41) is 71.0. The van der Waals surface area contributed by atoms with E-state index in [-0.39, 0.29) is 177 Å². The Labute approximate surface area is 484 Å². The largest absolute Gasteiger partial charge is 0.496 e. The normalized spacial score (nSPS) is 10.9. The van der Waals surface area contributed by atoms with E-state index >= 15 is 0 Å². The maximum atomic E-state index is 12.2. The zero-order valence-electron chi connectivity index (χ0n) is 41.6. The zero-order chi connectivity index (χ0) is 53.0. The van der Waals surface area contributed by atoms with Gasteiger partial charge in [0.2, 0.25) is 0 Å². The van der Waals surface area contributed by atoms with Gasteiger partial charge in [-0.05, 0) is 146 Å². The molecule has 18 heteroatoms. The molecule has 0 saturated carbocycles. The van der Waals surface area contributed by atoms with Crippen LogP contribution in [0.5, 0.6) is 17.2 Å². The first-order valence-electron chi connectivity index (χ1n) is 22.7. The van der Waals surface area contributed by atoms with Gasteiger partial charge in [-0.15, -0.1) is 0 Å². The number of carbonyl (C=O) groups excluding carboxylic acids is 4. The molecule has 0 heterocycles. The average Bonchev–Trinajstić information content (AvgIpc) is 3.34. The fraction of sp³-hybridized carbons (Fsp3) is 0.581. The van der Waals surface area contributed by atoms with Crippen LogP contribution in [-0.4, -0.2) is 166 Å². The number of benzene rings is 3. The molecule has 1 aliphatic carbocycles. The van der Waals surface area contributed by atoms with Crippen molar-refractivity contribution in [1.29, 1.82) is 0 Å². The summed E-state index contributed by atoms with van der Waals surface area (Å²) in [6.07, 6.45) is 4.60. The number of aliphatic hydroxyl groups is 8. The van der Waals surface area contributed by atoms with Gasteiger partial charge < -0.3 is 69.3 Å². The van der Waals surface area contributed by atoms with E-state index < -0.39 is 22.4 Å². The van der Waals surface area contributed by atoms with Crippen LogP contribution >= 0.6 is 0 Å². The second-order valence-electron chi connectivity index (χ2n) is 17.3. The van der Waals surface area contributed by atoms with Crippen LogP contribution in [-0.2, 0) is 19.0 Å². The lowest BCUT2D eigenvalue weighted by atomic mass is 9.91. The van der Waals surface area contributed by atoms with Crippen molar-refractivity contribution in [3.05, 3.63) is 113 Å². The number of ketones is 4. The predicted molar refractivity (Wildman–Crippen MR) is 328 cm³/mol. The topological polar surface area (TPSA) is 286 Å². The van der Waals surface area contributed by atoms with Gasteiger partial charge in [0.05, 0.1) is 58.6 Å². The Morgan fingerprint density at radius 2 is 0.625 bits per heavy atom. The first-order valence-corrected chi connectivity index (χ1v) is 22.7. The van der Waals surface area contributed by atoms with Crippen LogP contribution in [0.4, 0.5) is 0 Å². The van der Waals surface area contributed by atoms with E-state index in [1.165, 1.54) is 27.7 Å². The summed E-state index contributed by atoms with van der Waals surface area (Å²) in [5.41, 5.74) is -2.56. The van der Waals surface area contributed by atoms with Crippen molar-refractivity contribution < 1.29 is 88.5 Å². The lowest BCUT2D eigenvalue weighted by Gasteiger charge is -2.23. The van der Waals surface area contributed by atoms with Gasteiger partial charge in [-0.25, -0.2) is 0 Å². The molecule has 0 unspecified atom stereocenters. The van der Waals surface area contributed by atoms with E-state index in [1.807, 2.05) is 0 Å². The minimum atomic E-state index is -1.37. The van der Waals surface area contributed by atoms with Crippen LogP contribution in [0.15, 0.2) is 96.3 Å². The number of allylic oxidation sites excluding steroid dienone is 3. The van der Waals surface area contributed by atoms with Crippen LogP contribution in [0, 0.1) is 0 Å². The summed E-state index contributed by atoms with van der Waals surface area (Å²) in [6.45, 7) is 13.3. The summed E-state index contributed by atoms with van der Waals surface area (Å²) in [7, 11) is 0. The Bertz CT molecular complexity index is 1980. The molecule has 1 aliphatic rings. The Kier molecular flexibility index (Phi) is 59.9. The number of hydrogen-bond acceptors (Lipinski definition) is 18. The Morgan fingerprint density at radius 3 is 0.863 bits per heavy atom. The molecule has 0 aromatic heterocycles. The van der Waals surface area contributed by atoms with E-state index in [0.717, 1.165) is 5.76 Å². The average molecular weight is 1150 g/mol. The molecule has 8 N–H and O–H groups in total. The fourth-order valence-corrected chi connectivity index (χ4v) is 5.88. The SMILES string of the molecule is C.C.C.C.C.C.C.C.C.C.CC(C)(O)C(=O)C1=CC=C(OCCO)CC1.CC(C)(O)C(=O)c1ccc(OCCO)cc1.CC(C)(OCCO)C(=O)c1ccc(OCCO)cc1.CC(C)(OCCO)C(=O)c1ccc(OCCO)cc1. The lowest BCUT2D eigenvalue weighted by molar-refractivity contribution is -0.130. The van der Waals surface area contributed by atoms with E-state index in [0.29, 0.717) is 52.4 Å². The molecular formula is C62H114O18. The molecule has 4 rings (SSSR count). The molecule has 0 spiro atoms. The van der Waals surface area contributed by atoms with Crippen LogP contribution in [0.2, 0.25) is 0 Å². The molecule has 0 atom stereocenters. The van der Waals surface area contributed by atoms with Crippen LogP contribution in [0.1, 0.15) is 174 Å². The van der Waals surface area contributed by atoms with Gasteiger partial charge in [-0.1, -0.05) is 80.3 Å². The molecule has 0 fully saturated rings. The molecule has 3 aromatic carbocycles. The predicted octanol–water partition coefficient (Wildman–Crippen LogP) is 10.4. The Hall–Kier alpha value is -5.38. The first kappa shape index (κ1) is 96.9. The molecule has 0 bridgehead atoms. The minimum Gasteiger partial charge on any atom is -0.496 e. The molecule has 0 saturated heterocycles. The van der Waals surface area contributed by atoms with Crippen LogP contribution in [0.3, 0.4) is 0 Å². The molecule has 0 amide bonds. The summed E-state index contributed by atoms with van der Waals surface area (Å²) in [6, 6.07) is 19.7. The molecular weight excluding hydrogens is 1030 g/mol. The molecule has 80 heavy (non-hydrogen) atoms. The number of carbonyl (C=O) groups is 4. The second kappa shape index (κ2) is 49.4. The Balaban J connectivity index is -0.0000000983. The van der Waals surface area contributed by atoms with E-state index in [2.05, 4.69) is 0 Å². The van der Waals surface area contributed by atoms with Gasteiger partial charge in [-0.2, -0.15) is 0 Å². The molecule has 18 nitrogen and oxygen atoms in total. The third-order valence-electron chi connectivity index (χ3n) is 9.52. The summed E-state index contributed by atoms with van der Waals surface area (Å²) in [5.74, 6) is 1.65. The van der Waals surface area contributed by atoms with Crippen molar-refractivity contribution in [1.82, 2.24) is 0 Å². The van der Waals surface area contributed by atoms with Crippen molar-refractivity contribution >= 4 is 23.1 Å². The van der Waals surface area contributed by atoms with Crippen LogP contribution < -0.4 is 14.2 Å².